The topological polar surface area (TPSA) is 89.0 Å². The Morgan fingerprint density at radius 1 is 1.40 bits per heavy atom. The molecule has 1 heterocycles. The molecule has 2 aromatic rings. The first-order valence-electron chi connectivity index (χ1n) is 5.51. The highest BCUT2D eigenvalue weighted by Gasteiger charge is 2.16. The molecular weight excluding hydrogens is 282 g/mol. The quantitative estimate of drug-likeness (QED) is 0.636. The second-order valence-electron chi connectivity index (χ2n) is 3.90. The summed E-state index contributed by atoms with van der Waals surface area (Å²) in [5.41, 5.74) is 0.178. The average Bonchev–Trinajstić information content (AvgIpc) is 2.42. The summed E-state index contributed by atoms with van der Waals surface area (Å²) in [7, 11) is 0. The second-order valence-corrected chi connectivity index (χ2v) is 4.31. The van der Waals surface area contributed by atoms with Crippen LogP contribution in [0.3, 0.4) is 0 Å². The van der Waals surface area contributed by atoms with Crippen molar-refractivity contribution in [1.29, 1.82) is 5.26 Å². The van der Waals surface area contributed by atoms with Gasteiger partial charge in [0.1, 0.15) is 11.8 Å². The normalized spacial score (nSPS) is 9.85. The SMILES string of the molecule is Cc1cc(Oc2ccc([N+](=O)[O-])c(C#N)n2)ccc1Cl. The Hall–Kier alpha value is -2.65. The van der Waals surface area contributed by atoms with Crippen LogP contribution in [0, 0.1) is 28.4 Å². The highest BCUT2D eigenvalue weighted by atomic mass is 35.5. The number of nitrogens with zero attached hydrogens (tertiary/aromatic N) is 3. The zero-order valence-corrected chi connectivity index (χ0v) is 11.1. The lowest BCUT2D eigenvalue weighted by Gasteiger charge is -2.06. The van der Waals surface area contributed by atoms with E-state index in [0.717, 1.165) is 5.56 Å². The Morgan fingerprint density at radius 3 is 2.75 bits per heavy atom. The first-order valence-corrected chi connectivity index (χ1v) is 5.88. The fraction of sp³-hybridized carbons (Fsp3) is 0.0769. The van der Waals surface area contributed by atoms with Crippen LogP contribution in [0.2, 0.25) is 5.02 Å². The molecule has 0 unspecified atom stereocenters. The van der Waals surface area contributed by atoms with Gasteiger partial charge in [-0.3, -0.25) is 10.1 Å². The highest BCUT2D eigenvalue weighted by Crippen LogP contribution is 2.26. The molecule has 0 aliphatic heterocycles. The maximum Gasteiger partial charge on any atom is 0.305 e. The molecule has 0 fully saturated rings. The Morgan fingerprint density at radius 2 is 2.15 bits per heavy atom. The number of aromatic nitrogens is 1. The third kappa shape index (κ3) is 2.84. The lowest BCUT2D eigenvalue weighted by molar-refractivity contribution is -0.385. The molecule has 0 atom stereocenters. The van der Waals surface area contributed by atoms with Crippen molar-refractivity contribution < 1.29 is 9.66 Å². The minimum Gasteiger partial charge on any atom is -0.439 e. The van der Waals surface area contributed by atoms with Crippen LogP contribution >= 0.6 is 11.6 Å². The first-order chi connectivity index (χ1) is 9.51. The van der Waals surface area contributed by atoms with Crippen LogP contribution < -0.4 is 4.74 Å². The number of nitriles is 1. The molecule has 0 saturated carbocycles. The van der Waals surface area contributed by atoms with E-state index >= 15 is 0 Å². The van der Waals surface area contributed by atoms with Crippen molar-refractivity contribution in [2.45, 2.75) is 6.92 Å². The first kappa shape index (κ1) is 13.8. The van der Waals surface area contributed by atoms with E-state index in [4.69, 9.17) is 21.6 Å². The number of nitro groups is 1. The Kier molecular flexibility index (Phi) is 3.82. The zero-order chi connectivity index (χ0) is 14.7. The fourth-order valence-corrected chi connectivity index (χ4v) is 1.64. The Balaban J connectivity index is 2.32. The number of hydrogen-bond donors (Lipinski definition) is 0. The molecule has 2 rings (SSSR count). The summed E-state index contributed by atoms with van der Waals surface area (Å²) in [5.74, 6) is 0.589. The minimum atomic E-state index is -0.665. The van der Waals surface area contributed by atoms with Crippen molar-refractivity contribution in [1.82, 2.24) is 4.98 Å². The smallest absolute Gasteiger partial charge is 0.305 e. The number of benzene rings is 1. The number of ether oxygens (including phenoxy) is 1. The number of hydrogen-bond acceptors (Lipinski definition) is 5. The van der Waals surface area contributed by atoms with E-state index < -0.39 is 4.92 Å². The van der Waals surface area contributed by atoms with Gasteiger partial charge in [-0.05, 0) is 30.7 Å². The maximum atomic E-state index is 10.7. The minimum absolute atomic E-state index is 0.105. The van der Waals surface area contributed by atoms with Crippen molar-refractivity contribution in [2.75, 3.05) is 0 Å². The number of halogens is 1. The van der Waals surface area contributed by atoms with E-state index in [1.807, 2.05) is 6.92 Å². The molecule has 20 heavy (non-hydrogen) atoms. The van der Waals surface area contributed by atoms with Crippen LogP contribution in [0.15, 0.2) is 30.3 Å². The van der Waals surface area contributed by atoms with E-state index in [9.17, 15) is 10.1 Å². The molecule has 0 saturated heterocycles. The van der Waals surface area contributed by atoms with Gasteiger partial charge in [-0.15, -0.1) is 0 Å². The summed E-state index contributed by atoms with van der Waals surface area (Å²) in [4.78, 5) is 13.8. The van der Waals surface area contributed by atoms with E-state index in [1.54, 1.807) is 24.3 Å². The third-order valence-corrected chi connectivity index (χ3v) is 2.93. The molecule has 0 spiro atoms. The van der Waals surface area contributed by atoms with Crippen molar-refractivity contribution in [3.05, 3.63) is 56.7 Å². The Bertz CT molecular complexity index is 725. The molecule has 0 radical (unpaired) electrons. The van der Waals surface area contributed by atoms with Gasteiger partial charge in [0.2, 0.25) is 11.6 Å². The van der Waals surface area contributed by atoms with E-state index in [2.05, 4.69) is 4.98 Å². The van der Waals surface area contributed by atoms with Gasteiger partial charge < -0.3 is 4.74 Å². The highest BCUT2D eigenvalue weighted by molar-refractivity contribution is 6.31. The van der Waals surface area contributed by atoms with E-state index in [-0.39, 0.29) is 17.3 Å². The summed E-state index contributed by atoms with van der Waals surface area (Å²) in [6.45, 7) is 1.82. The predicted molar refractivity (Wildman–Crippen MR) is 71.9 cm³/mol. The molecule has 0 amide bonds. The van der Waals surface area contributed by atoms with Gasteiger partial charge in [-0.25, -0.2) is 0 Å². The molecule has 100 valence electrons. The van der Waals surface area contributed by atoms with E-state index in [1.165, 1.54) is 12.1 Å². The molecule has 7 heteroatoms. The van der Waals surface area contributed by atoms with Crippen LogP contribution in [0.5, 0.6) is 11.6 Å². The standard InChI is InChI=1S/C13H8ClN3O3/c1-8-6-9(2-3-10(8)14)20-13-5-4-12(17(18)19)11(7-15)16-13/h2-6H,1H3. The van der Waals surface area contributed by atoms with Crippen LogP contribution in [-0.2, 0) is 0 Å². The molecule has 0 N–H and O–H groups in total. The lowest BCUT2D eigenvalue weighted by Crippen LogP contribution is -1.97. The lowest BCUT2D eigenvalue weighted by atomic mass is 10.2. The molecule has 0 aliphatic carbocycles. The van der Waals surface area contributed by atoms with Gasteiger partial charge in [-0.2, -0.15) is 10.2 Å². The van der Waals surface area contributed by atoms with Crippen LogP contribution in [0.25, 0.3) is 0 Å². The summed E-state index contributed by atoms with van der Waals surface area (Å²) in [6.07, 6.45) is 0. The fourth-order valence-electron chi connectivity index (χ4n) is 1.52. The molecule has 6 nitrogen and oxygen atoms in total. The van der Waals surface area contributed by atoms with E-state index in [0.29, 0.717) is 10.8 Å². The zero-order valence-electron chi connectivity index (χ0n) is 10.3. The van der Waals surface area contributed by atoms with Gasteiger partial charge in [0, 0.05) is 17.2 Å². The summed E-state index contributed by atoms with van der Waals surface area (Å²) in [5, 5.41) is 20.1. The number of pyridine rings is 1. The monoisotopic (exact) mass is 289 g/mol. The van der Waals surface area contributed by atoms with Gasteiger partial charge in [-0.1, -0.05) is 11.6 Å². The van der Waals surface area contributed by atoms with Gasteiger partial charge >= 0.3 is 5.69 Å². The maximum absolute atomic E-state index is 10.7. The van der Waals surface area contributed by atoms with Crippen molar-refractivity contribution in [2.24, 2.45) is 0 Å². The van der Waals surface area contributed by atoms with Crippen LogP contribution in [0.4, 0.5) is 5.69 Å². The molecule has 1 aromatic heterocycles. The van der Waals surface area contributed by atoms with Gasteiger partial charge in [0.15, 0.2) is 0 Å². The molecule has 0 bridgehead atoms. The number of rotatable bonds is 3. The van der Waals surface area contributed by atoms with Crippen molar-refractivity contribution in [3.8, 4) is 17.7 Å². The van der Waals surface area contributed by atoms with Gasteiger partial charge in [0.25, 0.3) is 0 Å². The van der Waals surface area contributed by atoms with Crippen LogP contribution in [0.1, 0.15) is 11.3 Å². The summed E-state index contributed by atoms with van der Waals surface area (Å²) >= 11 is 5.90. The second kappa shape index (κ2) is 5.55. The van der Waals surface area contributed by atoms with Gasteiger partial charge in [0.05, 0.1) is 4.92 Å². The van der Waals surface area contributed by atoms with Crippen molar-refractivity contribution >= 4 is 17.3 Å². The number of aryl methyl sites for hydroxylation is 1. The predicted octanol–water partition coefficient (Wildman–Crippen LogP) is 3.62. The summed E-state index contributed by atoms with van der Waals surface area (Å²) < 4.78 is 5.45. The Labute approximate surface area is 119 Å². The molecule has 0 aliphatic rings. The molecular formula is C13H8ClN3O3. The van der Waals surface area contributed by atoms with Crippen molar-refractivity contribution in [3.63, 3.8) is 0 Å². The summed E-state index contributed by atoms with van der Waals surface area (Å²) in [6, 6.07) is 9.21. The largest absolute Gasteiger partial charge is 0.439 e. The average molecular weight is 290 g/mol. The third-order valence-electron chi connectivity index (χ3n) is 2.50. The van der Waals surface area contributed by atoms with Crippen LogP contribution in [-0.4, -0.2) is 9.91 Å². The molecule has 1 aromatic carbocycles.